The number of nitrogens with zero attached hydrogens (tertiary/aromatic N) is 3. The molecular formula is C56H35N3. The minimum Gasteiger partial charge on any atom is -0.309 e. The van der Waals surface area contributed by atoms with Crippen LogP contribution in [0.3, 0.4) is 0 Å². The molecule has 0 atom stereocenters. The van der Waals surface area contributed by atoms with Crippen molar-refractivity contribution in [3.05, 3.63) is 212 Å². The van der Waals surface area contributed by atoms with Gasteiger partial charge in [-0.15, -0.1) is 0 Å². The lowest BCUT2D eigenvalue weighted by Gasteiger charge is -2.16. The Balaban J connectivity index is 1.19. The van der Waals surface area contributed by atoms with E-state index in [1.807, 2.05) is 6.07 Å². The molecule has 12 aromatic rings. The third-order valence-electron chi connectivity index (χ3n) is 12.0. The molecule has 10 aromatic carbocycles. The molecule has 0 aliphatic heterocycles. The van der Waals surface area contributed by atoms with E-state index in [1.165, 1.54) is 65.6 Å². The molecule has 0 spiro atoms. The van der Waals surface area contributed by atoms with Gasteiger partial charge >= 0.3 is 0 Å². The van der Waals surface area contributed by atoms with Gasteiger partial charge in [0.05, 0.1) is 27.9 Å². The first kappa shape index (κ1) is 33.3. The van der Waals surface area contributed by atoms with Crippen LogP contribution in [-0.4, -0.2) is 14.5 Å². The quantitative estimate of drug-likeness (QED) is 0.175. The minimum absolute atomic E-state index is 0.712. The zero-order chi connectivity index (χ0) is 38.9. The summed E-state index contributed by atoms with van der Waals surface area (Å²) < 4.78 is 2.50. The average molecular weight is 750 g/mol. The Morgan fingerprint density at radius 1 is 0.305 bits per heavy atom. The SMILES string of the molecule is c1ccc(-c2nc(-c3cccc4c(-n5c6ccc7c(-c8ccccc8)cccc7c6c6c7ccccc7c(-c7ccccc7)cc65)cccc34)nc3ccccc23)cc1. The van der Waals surface area contributed by atoms with Gasteiger partial charge in [0.25, 0.3) is 0 Å². The number of benzene rings is 10. The van der Waals surface area contributed by atoms with Crippen LogP contribution in [0.25, 0.3) is 116 Å². The summed E-state index contributed by atoms with van der Waals surface area (Å²) in [6.45, 7) is 0. The maximum absolute atomic E-state index is 5.31. The number of para-hydroxylation sites is 1. The van der Waals surface area contributed by atoms with Crippen LogP contribution in [0.1, 0.15) is 0 Å². The predicted molar refractivity (Wildman–Crippen MR) is 248 cm³/mol. The maximum atomic E-state index is 5.31. The predicted octanol–water partition coefficient (Wildman–Crippen LogP) is 14.9. The molecule has 274 valence electrons. The summed E-state index contributed by atoms with van der Waals surface area (Å²) in [5.74, 6) is 0.712. The van der Waals surface area contributed by atoms with Crippen molar-refractivity contribution in [2.24, 2.45) is 0 Å². The number of aromatic nitrogens is 3. The summed E-state index contributed by atoms with van der Waals surface area (Å²) in [4.78, 5) is 10.5. The van der Waals surface area contributed by atoms with E-state index < -0.39 is 0 Å². The van der Waals surface area contributed by atoms with Crippen molar-refractivity contribution in [1.82, 2.24) is 14.5 Å². The first-order valence-corrected chi connectivity index (χ1v) is 20.2. The van der Waals surface area contributed by atoms with Crippen molar-refractivity contribution in [3.8, 4) is 50.6 Å². The number of hydrogen-bond acceptors (Lipinski definition) is 2. The average Bonchev–Trinajstić information content (AvgIpc) is 3.66. The largest absolute Gasteiger partial charge is 0.309 e. The molecule has 0 N–H and O–H groups in total. The van der Waals surface area contributed by atoms with E-state index in [1.54, 1.807) is 0 Å². The van der Waals surface area contributed by atoms with E-state index in [2.05, 4.69) is 211 Å². The molecule has 0 aliphatic carbocycles. The lowest BCUT2D eigenvalue weighted by Crippen LogP contribution is -1.98. The summed E-state index contributed by atoms with van der Waals surface area (Å²) in [5, 5.41) is 10.7. The molecule has 0 amide bonds. The van der Waals surface area contributed by atoms with Crippen molar-refractivity contribution in [2.45, 2.75) is 0 Å². The van der Waals surface area contributed by atoms with Gasteiger partial charge in [-0.25, -0.2) is 9.97 Å². The molecule has 0 saturated heterocycles. The van der Waals surface area contributed by atoms with Crippen LogP contribution in [0.15, 0.2) is 212 Å². The van der Waals surface area contributed by atoms with Gasteiger partial charge in [-0.2, -0.15) is 0 Å². The first-order chi connectivity index (χ1) is 29.3. The van der Waals surface area contributed by atoms with Gasteiger partial charge in [0, 0.05) is 32.7 Å². The third kappa shape index (κ3) is 5.22. The number of rotatable bonds is 5. The van der Waals surface area contributed by atoms with Crippen molar-refractivity contribution < 1.29 is 0 Å². The molecule has 2 aromatic heterocycles. The Morgan fingerprint density at radius 2 is 0.814 bits per heavy atom. The highest BCUT2D eigenvalue weighted by atomic mass is 15.0. The van der Waals surface area contributed by atoms with E-state index >= 15 is 0 Å². The van der Waals surface area contributed by atoms with E-state index in [4.69, 9.17) is 9.97 Å². The van der Waals surface area contributed by atoms with Gasteiger partial charge < -0.3 is 4.57 Å². The molecular weight excluding hydrogens is 715 g/mol. The molecule has 3 nitrogen and oxygen atoms in total. The summed E-state index contributed by atoms with van der Waals surface area (Å²) in [5.41, 5.74) is 12.2. The first-order valence-electron chi connectivity index (χ1n) is 20.2. The smallest absolute Gasteiger partial charge is 0.161 e. The van der Waals surface area contributed by atoms with Gasteiger partial charge in [-0.1, -0.05) is 188 Å². The molecule has 0 fully saturated rings. The molecule has 0 bridgehead atoms. The lowest BCUT2D eigenvalue weighted by atomic mass is 9.92. The standard InChI is InChI=1S/C56H35N3/c1-4-17-36(18-5-1)39-26-14-29-45-42(39)33-34-51-53(45)54-44-24-11-10-23-41(44)48(37-19-6-2-7-20-37)35-52(54)59(51)50-32-16-27-40-43(50)28-15-30-46(40)56-57-49-31-13-12-25-47(49)55(58-56)38-21-8-3-9-22-38/h1-35H. The molecule has 3 heteroatoms. The molecule has 0 aliphatic rings. The summed E-state index contributed by atoms with van der Waals surface area (Å²) in [6, 6.07) is 76.3. The molecule has 0 saturated carbocycles. The Morgan fingerprint density at radius 3 is 1.56 bits per heavy atom. The molecule has 0 unspecified atom stereocenters. The normalized spacial score (nSPS) is 11.7. The maximum Gasteiger partial charge on any atom is 0.161 e. The van der Waals surface area contributed by atoms with E-state index in [0.717, 1.165) is 44.2 Å². The van der Waals surface area contributed by atoms with E-state index in [9.17, 15) is 0 Å². The van der Waals surface area contributed by atoms with Crippen molar-refractivity contribution >= 4 is 65.0 Å². The van der Waals surface area contributed by atoms with Crippen molar-refractivity contribution in [1.29, 1.82) is 0 Å². The second-order valence-corrected chi connectivity index (χ2v) is 15.2. The zero-order valence-corrected chi connectivity index (χ0v) is 32.0. The topological polar surface area (TPSA) is 30.7 Å². The van der Waals surface area contributed by atoms with Crippen LogP contribution in [0.4, 0.5) is 0 Å². The van der Waals surface area contributed by atoms with Crippen LogP contribution < -0.4 is 0 Å². The van der Waals surface area contributed by atoms with Gasteiger partial charge in [0.15, 0.2) is 5.82 Å². The van der Waals surface area contributed by atoms with E-state index in [0.29, 0.717) is 5.82 Å². The van der Waals surface area contributed by atoms with Gasteiger partial charge in [0.1, 0.15) is 0 Å². The fourth-order valence-electron chi connectivity index (χ4n) is 9.41. The Hall–Kier alpha value is -7.88. The lowest BCUT2D eigenvalue weighted by molar-refractivity contribution is 1.20. The fraction of sp³-hybridized carbons (Fsp3) is 0. The number of fused-ring (bicyclic) bond motifs is 9. The van der Waals surface area contributed by atoms with E-state index in [-0.39, 0.29) is 0 Å². The van der Waals surface area contributed by atoms with Gasteiger partial charge in [0.2, 0.25) is 0 Å². The van der Waals surface area contributed by atoms with Crippen LogP contribution in [0.5, 0.6) is 0 Å². The van der Waals surface area contributed by atoms with Crippen LogP contribution >= 0.6 is 0 Å². The summed E-state index contributed by atoms with van der Waals surface area (Å²) >= 11 is 0. The van der Waals surface area contributed by atoms with Gasteiger partial charge in [-0.3, -0.25) is 0 Å². The second-order valence-electron chi connectivity index (χ2n) is 15.2. The highest BCUT2D eigenvalue weighted by Crippen LogP contribution is 2.46. The van der Waals surface area contributed by atoms with Crippen LogP contribution in [0, 0.1) is 0 Å². The third-order valence-corrected chi connectivity index (χ3v) is 12.0. The van der Waals surface area contributed by atoms with Crippen LogP contribution in [0.2, 0.25) is 0 Å². The van der Waals surface area contributed by atoms with Gasteiger partial charge in [-0.05, 0) is 73.5 Å². The summed E-state index contributed by atoms with van der Waals surface area (Å²) in [7, 11) is 0. The van der Waals surface area contributed by atoms with Crippen molar-refractivity contribution in [2.75, 3.05) is 0 Å². The Bertz CT molecular complexity index is 3570. The Kier molecular flexibility index (Phi) is 7.54. The highest BCUT2D eigenvalue weighted by molar-refractivity contribution is 6.31. The number of hydrogen-bond donors (Lipinski definition) is 0. The molecule has 0 radical (unpaired) electrons. The van der Waals surface area contributed by atoms with Crippen LogP contribution in [-0.2, 0) is 0 Å². The van der Waals surface area contributed by atoms with Crippen molar-refractivity contribution in [3.63, 3.8) is 0 Å². The molecule has 2 heterocycles. The second kappa shape index (κ2) is 13.4. The molecule has 59 heavy (non-hydrogen) atoms. The summed E-state index contributed by atoms with van der Waals surface area (Å²) in [6.07, 6.45) is 0. The highest BCUT2D eigenvalue weighted by Gasteiger charge is 2.22. The monoisotopic (exact) mass is 749 g/mol. The zero-order valence-electron chi connectivity index (χ0n) is 32.0. The fourth-order valence-corrected chi connectivity index (χ4v) is 9.41. The minimum atomic E-state index is 0.712. The Labute approximate surface area is 341 Å². The molecule has 12 rings (SSSR count).